The fourth-order valence-corrected chi connectivity index (χ4v) is 2.76. The van der Waals surface area contributed by atoms with Crippen molar-refractivity contribution in [3.63, 3.8) is 0 Å². The van der Waals surface area contributed by atoms with E-state index in [1.807, 2.05) is 25.1 Å². The molecule has 1 aromatic carbocycles. The van der Waals surface area contributed by atoms with E-state index < -0.39 is 0 Å². The summed E-state index contributed by atoms with van der Waals surface area (Å²) in [5.41, 5.74) is 2.04. The van der Waals surface area contributed by atoms with Gasteiger partial charge in [0, 0.05) is 24.3 Å². The number of carbonyl (C=O) groups excluding carboxylic acids is 1. The fourth-order valence-electron chi connectivity index (χ4n) is 2.76. The van der Waals surface area contributed by atoms with Crippen molar-refractivity contribution < 1.29 is 9.53 Å². The molecule has 1 aliphatic carbocycles. The Morgan fingerprint density at radius 3 is 2.72 bits per heavy atom. The lowest BCUT2D eigenvalue weighted by atomic mass is 9.81. The van der Waals surface area contributed by atoms with Crippen molar-refractivity contribution in [2.45, 2.75) is 32.1 Å². The molecular weight excluding hydrogens is 224 g/mol. The van der Waals surface area contributed by atoms with Gasteiger partial charge in [-0.25, -0.2) is 0 Å². The van der Waals surface area contributed by atoms with Crippen LogP contribution < -0.4 is 0 Å². The normalized spacial score (nSPS) is 23.3. The maximum absolute atomic E-state index is 12.2. The Bertz CT molecular complexity index is 537. The van der Waals surface area contributed by atoms with E-state index in [0.717, 1.165) is 29.9 Å². The largest absolute Gasteiger partial charge is 0.466 e. The summed E-state index contributed by atoms with van der Waals surface area (Å²) >= 11 is 0. The number of carbonyl (C=O) groups is 1. The first-order valence-electron chi connectivity index (χ1n) is 6.43. The lowest BCUT2D eigenvalue weighted by Gasteiger charge is -2.29. The molecule has 2 heteroatoms. The predicted molar refractivity (Wildman–Crippen MR) is 69.9 cm³/mol. The van der Waals surface area contributed by atoms with Crippen molar-refractivity contribution in [1.29, 1.82) is 0 Å². The fraction of sp³-hybridized carbons (Fsp3) is 0.312. The summed E-state index contributed by atoms with van der Waals surface area (Å²) in [6.45, 7) is 1.96. The number of rotatable bonds is 1. The molecule has 1 aromatic rings. The Hall–Kier alpha value is -1.83. The molecule has 0 spiro atoms. The first-order valence-corrected chi connectivity index (χ1v) is 6.43. The third kappa shape index (κ3) is 1.88. The molecule has 0 fully saturated rings. The predicted octanol–water partition coefficient (Wildman–Crippen LogP) is 3.71. The molecule has 0 radical (unpaired) electrons. The zero-order chi connectivity index (χ0) is 12.5. The third-order valence-corrected chi connectivity index (χ3v) is 3.56. The Morgan fingerprint density at radius 1 is 1.17 bits per heavy atom. The van der Waals surface area contributed by atoms with E-state index in [2.05, 4.69) is 18.2 Å². The van der Waals surface area contributed by atoms with Crippen molar-refractivity contribution in [3.8, 4) is 0 Å². The zero-order valence-electron chi connectivity index (χ0n) is 10.5. The second-order valence-electron chi connectivity index (χ2n) is 4.88. The lowest BCUT2D eigenvalue weighted by Crippen LogP contribution is -2.21. The van der Waals surface area contributed by atoms with Crippen molar-refractivity contribution in [2.75, 3.05) is 0 Å². The minimum absolute atomic E-state index is 0.0720. The van der Waals surface area contributed by atoms with Crippen molar-refractivity contribution in [3.05, 3.63) is 59.1 Å². The molecule has 1 aliphatic heterocycles. The van der Waals surface area contributed by atoms with Crippen LogP contribution in [0.1, 0.15) is 37.7 Å². The highest BCUT2D eigenvalue weighted by atomic mass is 16.5. The highest BCUT2D eigenvalue weighted by molar-refractivity contribution is 5.98. The Balaban J connectivity index is 2.08. The van der Waals surface area contributed by atoms with Gasteiger partial charge in [-0.3, -0.25) is 4.79 Å². The van der Waals surface area contributed by atoms with E-state index in [1.54, 1.807) is 0 Å². The molecule has 2 nitrogen and oxygen atoms in total. The van der Waals surface area contributed by atoms with Gasteiger partial charge in [-0.15, -0.1) is 0 Å². The highest BCUT2D eigenvalue weighted by Crippen LogP contribution is 2.39. The maximum Gasteiger partial charge on any atom is 0.163 e. The molecule has 1 heterocycles. The van der Waals surface area contributed by atoms with Crippen LogP contribution in [-0.4, -0.2) is 5.78 Å². The molecule has 18 heavy (non-hydrogen) atoms. The zero-order valence-corrected chi connectivity index (χ0v) is 10.5. The number of hydrogen-bond donors (Lipinski definition) is 0. The van der Waals surface area contributed by atoms with Gasteiger partial charge < -0.3 is 4.74 Å². The third-order valence-electron chi connectivity index (χ3n) is 3.56. The molecule has 1 atom stereocenters. The van der Waals surface area contributed by atoms with Crippen LogP contribution in [0.15, 0.2) is 53.5 Å². The summed E-state index contributed by atoms with van der Waals surface area (Å²) in [5.74, 6) is 2.11. The minimum Gasteiger partial charge on any atom is -0.466 e. The first kappa shape index (κ1) is 11.3. The van der Waals surface area contributed by atoms with Crippen LogP contribution in [0.4, 0.5) is 0 Å². The Kier molecular flexibility index (Phi) is 2.78. The van der Waals surface area contributed by atoms with Gasteiger partial charge in [0.25, 0.3) is 0 Å². The minimum atomic E-state index is 0.0720. The van der Waals surface area contributed by atoms with E-state index in [1.165, 1.54) is 5.56 Å². The van der Waals surface area contributed by atoms with Crippen LogP contribution in [0.5, 0.6) is 0 Å². The summed E-state index contributed by atoms with van der Waals surface area (Å²) in [4.78, 5) is 12.2. The van der Waals surface area contributed by atoms with Gasteiger partial charge >= 0.3 is 0 Å². The van der Waals surface area contributed by atoms with Gasteiger partial charge in [0.1, 0.15) is 5.76 Å². The van der Waals surface area contributed by atoms with Crippen LogP contribution in [0.25, 0.3) is 0 Å². The van der Waals surface area contributed by atoms with Crippen LogP contribution in [0, 0.1) is 0 Å². The molecule has 92 valence electrons. The van der Waals surface area contributed by atoms with Crippen LogP contribution >= 0.6 is 0 Å². The number of allylic oxidation sites excluding steroid dienone is 4. The second kappa shape index (κ2) is 4.45. The number of benzene rings is 1. The van der Waals surface area contributed by atoms with Gasteiger partial charge in [0.05, 0.1) is 5.76 Å². The lowest BCUT2D eigenvalue weighted by molar-refractivity contribution is -0.116. The van der Waals surface area contributed by atoms with Crippen molar-refractivity contribution in [1.82, 2.24) is 0 Å². The summed E-state index contributed by atoms with van der Waals surface area (Å²) in [5, 5.41) is 0. The molecule has 0 N–H and O–H groups in total. The quantitative estimate of drug-likeness (QED) is 0.748. The van der Waals surface area contributed by atoms with E-state index in [9.17, 15) is 4.79 Å². The number of ether oxygens (including phenoxy) is 1. The summed E-state index contributed by atoms with van der Waals surface area (Å²) in [7, 11) is 0. The molecule has 0 saturated carbocycles. The SMILES string of the molecule is CC1=CC(c2ccccc2)C2=C(CCCC2=O)O1. The van der Waals surface area contributed by atoms with Crippen molar-refractivity contribution >= 4 is 5.78 Å². The van der Waals surface area contributed by atoms with Gasteiger partial charge in [-0.1, -0.05) is 30.3 Å². The molecular formula is C16H16O2. The number of hydrogen-bond acceptors (Lipinski definition) is 2. The monoisotopic (exact) mass is 240 g/mol. The van der Waals surface area contributed by atoms with E-state index in [0.29, 0.717) is 6.42 Å². The number of Topliss-reactive ketones (excluding diaryl/α,β-unsaturated/α-hetero) is 1. The van der Waals surface area contributed by atoms with Gasteiger partial charge in [-0.2, -0.15) is 0 Å². The Morgan fingerprint density at radius 2 is 1.94 bits per heavy atom. The van der Waals surface area contributed by atoms with Crippen LogP contribution in [0.3, 0.4) is 0 Å². The van der Waals surface area contributed by atoms with Crippen LogP contribution in [-0.2, 0) is 9.53 Å². The van der Waals surface area contributed by atoms with Crippen LogP contribution in [0.2, 0.25) is 0 Å². The molecule has 0 bridgehead atoms. The second-order valence-corrected chi connectivity index (χ2v) is 4.88. The molecule has 3 rings (SSSR count). The summed E-state index contributed by atoms with van der Waals surface area (Å²) in [6.07, 6.45) is 4.50. The standard InChI is InChI=1S/C16H16O2/c1-11-10-13(12-6-3-2-4-7-12)16-14(17)8-5-9-15(16)18-11/h2-4,6-7,10,13H,5,8-9H2,1H3. The Labute approximate surface area is 107 Å². The highest BCUT2D eigenvalue weighted by Gasteiger charge is 2.31. The van der Waals surface area contributed by atoms with E-state index >= 15 is 0 Å². The van der Waals surface area contributed by atoms with E-state index in [-0.39, 0.29) is 11.7 Å². The topological polar surface area (TPSA) is 26.3 Å². The summed E-state index contributed by atoms with van der Waals surface area (Å²) in [6, 6.07) is 10.2. The van der Waals surface area contributed by atoms with E-state index in [4.69, 9.17) is 4.74 Å². The average molecular weight is 240 g/mol. The van der Waals surface area contributed by atoms with Crippen molar-refractivity contribution in [2.24, 2.45) is 0 Å². The number of ketones is 1. The van der Waals surface area contributed by atoms with Gasteiger partial charge in [-0.05, 0) is 25.0 Å². The molecule has 0 amide bonds. The molecule has 1 unspecified atom stereocenters. The molecule has 0 aromatic heterocycles. The first-order chi connectivity index (χ1) is 8.75. The van der Waals surface area contributed by atoms with Gasteiger partial charge in [0.2, 0.25) is 0 Å². The maximum atomic E-state index is 12.2. The smallest absolute Gasteiger partial charge is 0.163 e. The molecule has 2 aliphatic rings. The molecule has 0 saturated heterocycles. The average Bonchev–Trinajstić information content (AvgIpc) is 2.39. The summed E-state index contributed by atoms with van der Waals surface area (Å²) < 4.78 is 5.73. The van der Waals surface area contributed by atoms with Gasteiger partial charge in [0.15, 0.2) is 5.78 Å².